The molecule has 1 aromatic heterocycles. The monoisotopic (exact) mass is 384 g/mol. The van der Waals surface area contributed by atoms with Gasteiger partial charge in [0, 0.05) is 30.9 Å². The Morgan fingerprint density at radius 1 is 1.04 bits per heavy atom. The Morgan fingerprint density at radius 3 is 2.44 bits per heavy atom. The van der Waals surface area contributed by atoms with Gasteiger partial charge in [0.2, 0.25) is 0 Å². The summed E-state index contributed by atoms with van der Waals surface area (Å²) in [5, 5.41) is 9.84. The number of anilines is 2. The van der Waals surface area contributed by atoms with E-state index in [0.717, 1.165) is 18.5 Å². The molecule has 0 aliphatic carbocycles. The van der Waals surface area contributed by atoms with E-state index in [1.54, 1.807) is 12.1 Å². The van der Waals surface area contributed by atoms with Gasteiger partial charge in [-0.1, -0.05) is 18.2 Å². The highest BCUT2D eigenvalue weighted by Crippen LogP contribution is 2.31. The summed E-state index contributed by atoms with van der Waals surface area (Å²) in [6.07, 6.45) is 4.48. The van der Waals surface area contributed by atoms with Crippen molar-refractivity contribution in [3.05, 3.63) is 47.3 Å². The van der Waals surface area contributed by atoms with Gasteiger partial charge in [0.1, 0.15) is 0 Å². The Morgan fingerprint density at radius 2 is 1.74 bits per heavy atom. The molecule has 1 aromatic carbocycles. The van der Waals surface area contributed by atoms with Crippen LogP contribution in [0.5, 0.6) is 0 Å². The molecule has 2 aliphatic heterocycles. The summed E-state index contributed by atoms with van der Waals surface area (Å²) in [5.41, 5.74) is 0.725. The van der Waals surface area contributed by atoms with Crippen LogP contribution in [0.15, 0.2) is 42.5 Å². The number of amides is 3. The van der Waals surface area contributed by atoms with Gasteiger partial charge in [-0.15, -0.1) is 11.3 Å². The van der Waals surface area contributed by atoms with Crippen LogP contribution < -0.4 is 16.0 Å². The summed E-state index contributed by atoms with van der Waals surface area (Å²) in [6, 6.07) is 13.9. The zero-order valence-electron chi connectivity index (χ0n) is 15.3. The standard InChI is InChI=1S/C20H24N4O2S/c1-24(16-11-14-7-8-15(12-16)21-14)19(25)17-9-10-18(27-17)23-20(26)22-13-5-3-2-4-6-13/h2-6,9-10,14-16,21H,7-8,11-12H2,1H3,(H2,22,23,26). The lowest BCUT2D eigenvalue weighted by molar-refractivity contribution is 0.0686. The number of carbonyl (C=O) groups is 2. The number of urea groups is 1. The number of benzene rings is 1. The molecule has 7 heteroatoms. The van der Waals surface area contributed by atoms with Crippen molar-refractivity contribution in [3.8, 4) is 0 Å². The number of nitrogens with one attached hydrogen (secondary N) is 3. The molecule has 3 amide bonds. The zero-order valence-corrected chi connectivity index (χ0v) is 16.1. The van der Waals surface area contributed by atoms with Gasteiger partial charge in [-0.2, -0.15) is 0 Å². The fourth-order valence-electron chi connectivity index (χ4n) is 4.00. The summed E-state index contributed by atoms with van der Waals surface area (Å²) >= 11 is 1.31. The Hall–Kier alpha value is -2.38. The molecule has 2 bridgehead atoms. The second-order valence-corrected chi connectivity index (χ2v) is 8.37. The second kappa shape index (κ2) is 7.70. The summed E-state index contributed by atoms with van der Waals surface area (Å²) in [5.74, 6) is 0.0304. The van der Waals surface area contributed by atoms with Crippen LogP contribution >= 0.6 is 11.3 Å². The number of piperidine rings is 1. The molecule has 2 fully saturated rings. The number of carbonyl (C=O) groups excluding carboxylic acids is 2. The molecule has 2 saturated heterocycles. The van der Waals surface area contributed by atoms with Crippen LogP contribution in [0.1, 0.15) is 35.4 Å². The van der Waals surface area contributed by atoms with Crippen LogP contribution in [0, 0.1) is 0 Å². The minimum Gasteiger partial charge on any atom is -0.338 e. The van der Waals surface area contributed by atoms with E-state index >= 15 is 0 Å². The van der Waals surface area contributed by atoms with E-state index in [-0.39, 0.29) is 18.0 Å². The molecule has 142 valence electrons. The first kappa shape index (κ1) is 18.0. The van der Waals surface area contributed by atoms with E-state index < -0.39 is 0 Å². The summed E-state index contributed by atoms with van der Waals surface area (Å²) < 4.78 is 0. The molecular formula is C20H24N4O2S. The Kier molecular flexibility index (Phi) is 5.13. The van der Waals surface area contributed by atoms with Gasteiger partial charge in [0.05, 0.1) is 9.88 Å². The molecule has 2 aliphatic rings. The van der Waals surface area contributed by atoms with Gasteiger partial charge in [-0.3, -0.25) is 10.1 Å². The number of hydrogen-bond acceptors (Lipinski definition) is 4. The van der Waals surface area contributed by atoms with E-state index in [1.165, 1.54) is 24.2 Å². The average molecular weight is 385 g/mol. The summed E-state index contributed by atoms with van der Waals surface area (Å²) in [6.45, 7) is 0. The normalized spacial score (nSPS) is 23.7. The third-order valence-corrected chi connectivity index (χ3v) is 6.39. The Labute approximate surface area is 162 Å². The highest BCUT2D eigenvalue weighted by Gasteiger charge is 2.36. The molecule has 2 unspecified atom stereocenters. The van der Waals surface area contributed by atoms with Crippen molar-refractivity contribution in [2.24, 2.45) is 0 Å². The minimum absolute atomic E-state index is 0.0304. The first-order chi connectivity index (χ1) is 13.1. The van der Waals surface area contributed by atoms with E-state index in [4.69, 9.17) is 0 Å². The van der Waals surface area contributed by atoms with Crippen molar-refractivity contribution in [2.75, 3.05) is 17.7 Å². The smallest absolute Gasteiger partial charge is 0.324 e. The van der Waals surface area contributed by atoms with Crippen molar-refractivity contribution in [3.63, 3.8) is 0 Å². The van der Waals surface area contributed by atoms with Crippen molar-refractivity contribution < 1.29 is 9.59 Å². The summed E-state index contributed by atoms with van der Waals surface area (Å²) in [7, 11) is 1.90. The van der Waals surface area contributed by atoms with Gasteiger partial charge in [0.25, 0.3) is 5.91 Å². The van der Waals surface area contributed by atoms with Crippen LogP contribution in [0.4, 0.5) is 15.5 Å². The molecule has 0 saturated carbocycles. The number of hydrogen-bond donors (Lipinski definition) is 3. The highest BCUT2D eigenvalue weighted by atomic mass is 32.1. The first-order valence-electron chi connectivity index (χ1n) is 9.34. The Balaban J connectivity index is 1.35. The molecule has 2 atom stereocenters. The molecule has 3 N–H and O–H groups in total. The van der Waals surface area contributed by atoms with Crippen molar-refractivity contribution in [1.82, 2.24) is 10.2 Å². The molecular weight excluding hydrogens is 360 g/mol. The number of fused-ring (bicyclic) bond motifs is 2. The maximum absolute atomic E-state index is 12.9. The minimum atomic E-state index is -0.315. The number of nitrogens with zero attached hydrogens (tertiary/aromatic N) is 1. The molecule has 0 radical (unpaired) electrons. The zero-order chi connectivity index (χ0) is 18.8. The second-order valence-electron chi connectivity index (χ2n) is 7.29. The van der Waals surface area contributed by atoms with Gasteiger partial charge in [-0.25, -0.2) is 4.79 Å². The average Bonchev–Trinajstić information content (AvgIpc) is 3.27. The largest absolute Gasteiger partial charge is 0.338 e. The van der Waals surface area contributed by atoms with Crippen molar-refractivity contribution >= 4 is 34.0 Å². The maximum Gasteiger partial charge on any atom is 0.324 e. The molecule has 3 heterocycles. The first-order valence-corrected chi connectivity index (χ1v) is 10.2. The Bertz CT molecular complexity index is 810. The molecule has 27 heavy (non-hydrogen) atoms. The van der Waals surface area contributed by atoms with Crippen molar-refractivity contribution in [1.29, 1.82) is 0 Å². The van der Waals surface area contributed by atoms with Crippen LogP contribution in [0.2, 0.25) is 0 Å². The summed E-state index contributed by atoms with van der Waals surface area (Å²) in [4.78, 5) is 27.5. The highest BCUT2D eigenvalue weighted by molar-refractivity contribution is 7.18. The molecule has 4 rings (SSSR count). The number of para-hydroxylation sites is 1. The number of thiophene rings is 1. The van der Waals surface area contributed by atoms with E-state index in [0.29, 0.717) is 22.0 Å². The van der Waals surface area contributed by atoms with E-state index in [2.05, 4.69) is 16.0 Å². The predicted molar refractivity (Wildman–Crippen MR) is 108 cm³/mol. The fraction of sp³-hybridized carbons (Fsp3) is 0.400. The fourth-order valence-corrected chi connectivity index (χ4v) is 4.88. The van der Waals surface area contributed by atoms with Gasteiger partial charge < -0.3 is 15.5 Å². The van der Waals surface area contributed by atoms with Crippen LogP contribution in [-0.2, 0) is 0 Å². The quantitative estimate of drug-likeness (QED) is 0.752. The third kappa shape index (κ3) is 4.14. The van der Waals surface area contributed by atoms with E-state index in [9.17, 15) is 9.59 Å². The lowest BCUT2D eigenvalue weighted by atomic mass is 9.98. The van der Waals surface area contributed by atoms with Gasteiger partial charge >= 0.3 is 6.03 Å². The van der Waals surface area contributed by atoms with Crippen LogP contribution in [-0.4, -0.2) is 42.0 Å². The molecule has 0 spiro atoms. The molecule has 6 nitrogen and oxygen atoms in total. The molecule has 2 aromatic rings. The van der Waals surface area contributed by atoms with Gasteiger partial charge in [0.15, 0.2) is 0 Å². The van der Waals surface area contributed by atoms with E-state index in [1.807, 2.05) is 42.3 Å². The van der Waals surface area contributed by atoms with Gasteiger partial charge in [-0.05, 0) is 49.9 Å². The van der Waals surface area contributed by atoms with Crippen LogP contribution in [0.3, 0.4) is 0 Å². The van der Waals surface area contributed by atoms with Crippen LogP contribution in [0.25, 0.3) is 0 Å². The SMILES string of the molecule is CN(C(=O)c1ccc(NC(=O)Nc2ccccc2)s1)C1CC2CCC(C1)N2. The third-order valence-electron chi connectivity index (χ3n) is 5.40. The lowest BCUT2D eigenvalue weighted by Crippen LogP contribution is -2.48. The maximum atomic E-state index is 12.9. The predicted octanol–water partition coefficient (Wildman–Crippen LogP) is 3.75. The lowest BCUT2D eigenvalue weighted by Gasteiger charge is -2.35. The topological polar surface area (TPSA) is 73.5 Å². The van der Waals surface area contributed by atoms with Crippen molar-refractivity contribution in [2.45, 2.75) is 43.8 Å². The number of rotatable bonds is 4.